The first-order chi connectivity index (χ1) is 12.3. The highest BCUT2D eigenvalue weighted by Gasteiger charge is 2.39. The number of amides is 1. The molecule has 0 atom stereocenters. The monoisotopic (exact) mass is 367 g/mol. The summed E-state index contributed by atoms with van der Waals surface area (Å²) in [5.41, 5.74) is 1.53. The summed E-state index contributed by atoms with van der Waals surface area (Å²) in [6.45, 7) is 3.54. The molecule has 0 saturated carbocycles. The first kappa shape index (κ1) is 16.5. The van der Waals surface area contributed by atoms with Crippen molar-refractivity contribution in [2.45, 2.75) is 24.2 Å². The largest absolute Gasteiger partial charge is 0.325 e. The molecule has 6 nitrogen and oxygen atoms in total. The standard InChI is InChI=1S/C19H17N3O3S/c1-19(2)14-11-13(8-9-15(14)21-18(19)23)26(24,25)22-16-7-3-5-12-6-4-10-20-17(12)16/h3-11,22H,1-2H3,(H,21,23). The number of sulfonamides is 1. The van der Waals surface area contributed by atoms with Gasteiger partial charge in [-0.1, -0.05) is 18.2 Å². The van der Waals surface area contributed by atoms with Crippen LogP contribution in [0.3, 0.4) is 0 Å². The van der Waals surface area contributed by atoms with Crippen LogP contribution in [0.5, 0.6) is 0 Å². The molecule has 2 aromatic carbocycles. The third-order valence-electron chi connectivity index (χ3n) is 4.67. The summed E-state index contributed by atoms with van der Waals surface area (Å²) in [7, 11) is -3.82. The number of pyridine rings is 1. The number of fused-ring (bicyclic) bond motifs is 2. The van der Waals surface area contributed by atoms with Gasteiger partial charge in [-0.2, -0.15) is 0 Å². The Kier molecular flexibility index (Phi) is 3.52. The Morgan fingerprint density at radius 1 is 1.08 bits per heavy atom. The molecule has 1 aliphatic rings. The van der Waals surface area contributed by atoms with Gasteiger partial charge in [-0.05, 0) is 49.7 Å². The van der Waals surface area contributed by atoms with Crippen molar-refractivity contribution in [1.82, 2.24) is 4.98 Å². The van der Waals surface area contributed by atoms with E-state index in [1.54, 1.807) is 50.4 Å². The van der Waals surface area contributed by atoms with E-state index in [0.717, 1.165) is 5.39 Å². The number of aromatic nitrogens is 1. The van der Waals surface area contributed by atoms with Crippen molar-refractivity contribution >= 4 is 38.2 Å². The van der Waals surface area contributed by atoms with Crippen LogP contribution in [0, 0.1) is 0 Å². The number of nitrogens with one attached hydrogen (secondary N) is 2. The molecule has 0 bridgehead atoms. The van der Waals surface area contributed by atoms with Crippen molar-refractivity contribution in [2.24, 2.45) is 0 Å². The van der Waals surface area contributed by atoms with E-state index in [1.165, 1.54) is 6.07 Å². The van der Waals surface area contributed by atoms with Gasteiger partial charge in [-0.15, -0.1) is 0 Å². The molecule has 0 spiro atoms. The van der Waals surface area contributed by atoms with E-state index in [1.807, 2.05) is 12.1 Å². The van der Waals surface area contributed by atoms with Gasteiger partial charge in [0, 0.05) is 17.3 Å². The van der Waals surface area contributed by atoms with Gasteiger partial charge in [-0.25, -0.2) is 8.42 Å². The van der Waals surface area contributed by atoms with Crippen LogP contribution in [-0.4, -0.2) is 19.3 Å². The second-order valence-electron chi connectivity index (χ2n) is 6.77. The second-order valence-corrected chi connectivity index (χ2v) is 8.46. The molecule has 132 valence electrons. The minimum absolute atomic E-state index is 0.105. The first-order valence-electron chi connectivity index (χ1n) is 8.11. The van der Waals surface area contributed by atoms with Crippen LogP contribution in [0.2, 0.25) is 0 Å². The average molecular weight is 367 g/mol. The molecule has 3 aromatic rings. The minimum atomic E-state index is -3.82. The van der Waals surface area contributed by atoms with Crippen LogP contribution in [-0.2, 0) is 20.2 Å². The van der Waals surface area contributed by atoms with E-state index in [-0.39, 0.29) is 10.8 Å². The maximum absolute atomic E-state index is 12.9. The maximum Gasteiger partial charge on any atom is 0.261 e. The Morgan fingerprint density at radius 3 is 2.65 bits per heavy atom. The van der Waals surface area contributed by atoms with Gasteiger partial charge in [0.2, 0.25) is 5.91 Å². The SMILES string of the molecule is CC1(C)C(=O)Nc2ccc(S(=O)(=O)Nc3cccc4cccnc34)cc21. The maximum atomic E-state index is 12.9. The summed E-state index contributed by atoms with van der Waals surface area (Å²) in [5.74, 6) is -0.145. The van der Waals surface area contributed by atoms with Gasteiger partial charge < -0.3 is 5.32 Å². The Labute approximate surface area is 151 Å². The normalized spacial score (nSPS) is 15.5. The fourth-order valence-electron chi connectivity index (χ4n) is 3.11. The molecule has 0 radical (unpaired) electrons. The Balaban J connectivity index is 1.77. The van der Waals surface area contributed by atoms with Crippen LogP contribution in [0.15, 0.2) is 59.6 Å². The molecule has 0 unspecified atom stereocenters. The highest BCUT2D eigenvalue weighted by Crippen LogP contribution is 2.38. The van der Waals surface area contributed by atoms with Crippen molar-refractivity contribution in [3.63, 3.8) is 0 Å². The quantitative estimate of drug-likeness (QED) is 0.744. The highest BCUT2D eigenvalue weighted by atomic mass is 32.2. The van der Waals surface area contributed by atoms with Gasteiger partial charge in [0.05, 0.1) is 21.5 Å². The number of anilines is 2. The molecular weight excluding hydrogens is 350 g/mol. The number of carbonyl (C=O) groups is 1. The van der Waals surface area contributed by atoms with E-state index in [9.17, 15) is 13.2 Å². The fourth-order valence-corrected chi connectivity index (χ4v) is 4.20. The van der Waals surface area contributed by atoms with Crippen molar-refractivity contribution in [3.8, 4) is 0 Å². The van der Waals surface area contributed by atoms with Gasteiger partial charge in [-0.3, -0.25) is 14.5 Å². The summed E-state index contributed by atoms with van der Waals surface area (Å²) in [5, 5.41) is 3.62. The predicted molar refractivity (Wildman–Crippen MR) is 101 cm³/mol. The number of para-hydroxylation sites is 1. The molecule has 4 rings (SSSR count). The molecule has 1 aromatic heterocycles. The number of benzene rings is 2. The molecular formula is C19H17N3O3S. The molecule has 0 fully saturated rings. The van der Waals surface area contributed by atoms with E-state index < -0.39 is 15.4 Å². The Hall–Kier alpha value is -2.93. The number of carbonyl (C=O) groups excluding carboxylic acids is 1. The van der Waals surface area contributed by atoms with E-state index in [0.29, 0.717) is 22.5 Å². The third-order valence-corrected chi connectivity index (χ3v) is 6.03. The van der Waals surface area contributed by atoms with Gasteiger partial charge in [0.1, 0.15) is 0 Å². The topological polar surface area (TPSA) is 88.2 Å². The van der Waals surface area contributed by atoms with Gasteiger partial charge >= 0.3 is 0 Å². The Bertz CT molecular complexity index is 1150. The Morgan fingerprint density at radius 2 is 1.85 bits per heavy atom. The first-order valence-corrected chi connectivity index (χ1v) is 9.60. The zero-order valence-corrected chi connectivity index (χ0v) is 15.1. The highest BCUT2D eigenvalue weighted by molar-refractivity contribution is 7.92. The molecule has 26 heavy (non-hydrogen) atoms. The van der Waals surface area contributed by atoms with E-state index >= 15 is 0 Å². The van der Waals surface area contributed by atoms with E-state index in [4.69, 9.17) is 0 Å². The zero-order chi connectivity index (χ0) is 18.5. The van der Waals surface area contributed by atoms with Crippen LogP contribution in [0.25, 0.3) is 10.9 Å². The minimum Gasteiger partial charge on any atom is -0.325 e. The summed E-state index contributed by atoms with van der Waals surface area (Å²) in [4.78, 5) is 16.4. The number of hydrogen-bond donors (Lipinski definition) is 2. The van der Waals surface area contributed by atoms with Crippen LogP contribution in [0.4, 0.5) is 11.4 Å². The number of nitrogens with zero attached hydrogens (tertiary/aromatic N) is 1. The fraction of sp³-hybridized carbons (Fsp3) is 0.158. The lowest BCUT2D eigenvalue weighted by Crippen LogP contribution is -2.27. The summed E-state index contributed by atoms with van der Waals surface area (Å²) in [6, 6.07) is 13.6. The van der Waals surface area contributed by atoms with Crippen LogP contribution < -0.4 is 10.0 Å². The molecule has 0 aliphatic carbocycles. The van der Waals surface area contributed by atoms with Crippen LogP contribution in [0.1, 0.15) is 19.4 Å². The third kappa shape index (κ3) is 2.52. The zero-order valence-electron chi connectivity index (χ0n) is 14.3. The molecule has 1 aliphatic heterocycles. The lowest BCUT2D eigenvalue weighted by Gasteiger charge is -2.16. The predicted octanol–water partition coefficient (Wildman–Crippen LogP) is 3.27. The molecule has 1 amide bonds. The summed E-state index contributed by atoms with van der Waals surface area (Å²) >= 11 is 0. The van der Waals surface area contributed by atoms with Crippen molar-refractivity contribution < 1.29 is 13.2 Å². The van der Waals surface area contributed by atoms with Crippen molar-refractivity contribution in [1.29, 1.82) is 0 Å². The second kappa shape index (κ2) is 5.54. The average Bonchev–Trinajstić information content (AvgIpc) is 2.84. The van der Waals surface area contributed by atoms with Crippen molar-refractivity contribution in [3.05, 3.63) is 60.3 Å². The summed E-state index contributed by atoms with van der Waals surface area (Å²) < 4.78 is 28.4. The lowest BCUT2D eigenvalue weighted by molar-refractivity contribution is -0.119. The molecule has 7 heteroatoms. The lowest BCUT2D eigenvalue weighted by atomic mass is 9.86. The van der Waals surface area contributed by atoms with E-state index in [2.05, 4.69) is 15.0 Å². The number of rotatable bonds is 3. The molecule has 2 N–H and O–H groups in total. The smallest absolute Gasteiger partial charge is 0.261 e. The summed E-state index contributed by atoms with van der Waals surface area (Å²) in [6.07, 6.45) is 1.62. The van der Waals surface area contributed by atoms with Gasteiger partial charge in [0.25, 0.3) is 10.0 Å². The van der Waals surface area contributed by atoms with Gasteiger partial charge in [0.15, 0.2) is 0 Å². The van der Waals surface area contributed by atoms with Crippen LogP contribution >= 0.6 is 0 Å². The van der Waals surface area contributed by atoms with Crippen molar-refractivity contribution in [2.75, 3.05) is 10.0 Å². The molecule has 2 heterocycles. The molecule has 0 saturated heterocycles. The number of hydrogen-bond acceptors (Lipinski definition) is 4.